The summed E-state index contributed by atoms with van der Waals surface area (Å²) in [7, 11) is 0. The minimum atomic E-state index is -0.276. The summed E-state index contributed by atoms with van der Waals surface area (Å²) < 4.78 is 12.7. The van der Waals surface area contributed by atoms with Crippen LogP contribution in [0.3, 0.4) is 0 Å². The summed E-state index contributed by atoms with van der Waals surface area (Å²) in [6.07, 6.45) is 1.72. The number of nitrogens with one attached hydrogen (secondary N) is 1. The molecule has 3 aromatic rings. The third-order valence-corrected chi connectivity index (χ3v) is 4.38. The van der Waals surface area contributed by atoms with E-state index in [1.54, 1.807) is 29.1 Å². The van der Waals surface area contributed by atoms with E-state index < -0.39 is 0 Å². The van der Waals surface area contributed by atoms with Crippen LogP contribution in [-0.2, 0) is 12.1 Å². The summed E-state index contributed by atoms with van der Waals surface area (Å²) in [5, 5.41) is 7.10. The molecule has 0 atom stereocenters. The second-order valence-electron chi connectivity index (χ2n) is 7.70. The van der Waals surface area contributed by atoms with E-state index in [-0.39, 0.29) is 18.1 Å². The summed E-state index contributed by atoms with van der Waals surface area (Å²) in [4.78, 5) is 12.4. The van der Waals surface area contributed by atoms with E-state index in [0.717, 1.165) is 11.5 Å². The van der Waals surface area contributed by atoms with E-state index in [1.807, 2.05) is 31.2 Å². The van der Waals surface area contributed by atoms with Gasteiger partial charge in [-0.3, -0.25) is 4.79 Å². The molecular weight excluding hydrogens is 366 g/mol. The lowest BCUT2D eigenvalue weighted by Gasteiger charge is -2.19. The maximum Gasteiger partial charge on any atom is 0.276 e. The fraction of sp³-hybridized carbons (Fsp3) is 0.304. The van der Waals surface area contributed by atoms with Gasteiger partial charge in [-0.1, -0.05) is 32.9 Å². The average Bonchev–Trinajstić information content (AvgIpc) is 3.17. The molecule has 0 saturated heterocycles. The molecule has 0 bridgehead atoms. The molecule has 0 aliphatic heterocycles. The fourth-order valence-corrected chi connectivity index (χ4v) is 2.74. The van der Waals surface area contributed by atoms with Crippen LogP contribution in [0.15, 0.2) is 60.8 Å². The number of hydrogen-bond acceptors (Lipinski definition) is 4. The topological polar surface area (TPSA) is 65.4 Å². The molecule has 0 fully saturated rings. The molecule has 1 N–H and O–H groups in total. The number of hydrogen-bond donors (Lipinski definition) is 1. The maximum absolute atomic E-state index is 12.4. The first-order valence-electron chi connectivity index (χ1n) is 9.66. The van der Waals surface area contributed by atoms with Crippen LogP contribution in [0.1, 0.15) is 43.7 Å². The van der Waals surface area contributed by atoms with Crippen LogP contribution >= 0.6 is 0 Å². The highest BCUT2D eigenvalue weighted by molar-refractivity contribution is 6.02. The Hall–Kier alpha value is -3.28. The number of anilines is 1. The van der Waals surface area contributed by atoms with Gasteiger partial charge in [-0.15, -0.1) is 0 Å². The van der Waals surface area contributed by atoms with Crippen LogP contribution in [0.2, 0.25) is 0 Å². The van der Waals surface area contributed by atoms with Crippen LogP contribution in [-0.4, -0.2) is 22.3 Å². The van der Waals surface area contributed by atoms with E-state index >= 15 is 0 Å². The fourth-order valence-electron chi connectivity index (χ4n) is 2.74. The maximum atomic E-state index is 12.4. The van der Waals surface area contributed by atoms with Crippen LogP contribution in [0.4, 0.5) is 5.69 Å². The molecule has 6 nitrogen and oxygen atoms in total. The highest BCUT2D eigenvalue weighted by Gasteiger charge is 2.13. The molecule has 3 rings (SSSR count). The minimum Gasteiger partial charge on any atom is -0.494 e. The van der Waals surface area contributed by atoms with Crippen molar-refractivity contribution in [3.8, 4) is 11.5 Å². The monoisotopic (exact) mass is 393 g/mol. The van der Waals surface area contributed by atoms with Gasteiger partial charge < -0.3 is 14.8 Å². The van der Waals surface area contributed by atoms with Crippen molar-refractivity contribution in [1.29, 1.82) is 0 Å². The smallest absolute Gasteiger partial charge is 0.276 e. The molecule has 2 aromatic carbocycles. The quantitative estimate of drug-likeness (QED) is 0.622. The molecule has 6 heteroatoms. The highest BCUT2D eigenvalue weighted by Crippen LogP contribution is 2.24. The van der Waals surface area contributed by atoms with E-state index in [0.29, 0.717) is 18.0 Å². The predicted molar refractivity (Wildman–Crippen MR) is 114 cm³/mol. The Morgan fingerprint density at radius 1 is 0.966 bits per heavy atom. The van der Waals surface area contributed by atoms with Gasteiger partial charge in [-0.2, -0.15) is 5.10 Å². The molecule has 0 saturated carbocycles. The Bertz CT molecular complexity index is 939. The summed E-state index contributed by atoms with van der Waals surface area (Å²) in [5.41, 5.74) is 2.36. The van der Waals surface area contributed by atoms with Crippen molar-refractivity contribution in [2.45, 2.75) is 39.8 Å². The summed E-state index contributed by atoms with van der Waals surface area (Å²) in [5.74, 6) is 1.25. The molecule has 29 heavy (non-hydrogen) atoms. The van der Waals surface area contributed by atoms with E-state index in [2.05, 4.69) is 43.3 Å². The summed E-state index contributed by atoms with van der Waals surface area (Å²) in [6, 6.07) is 16.9. The Labute approximate surface area is 171 Å². The summed E-state index contributed by atoms with van der Waals surface area (Å²) in [6.45, 7) is 9.28. The van der Waals surface area contributed by atoms with E-state index in [9.17, 15) is 4.79 Å². The number of ether oxygens (including phenoxy) is 2. The number of carbonyl (C=O) groups is 1. The van der Waals surface area contributed by atoms with Gasteiger partial charge in [0.2, 0.25) is 0 Å². The lowest BCUT2D eigenvalue weighted by atomic mass is 9.87. The zero-order valence-electron chi connectivity index (χ0n) is 17.3. The van der Waals surface area contributed by atoms with Crippen molar-refractivity contribution >= 4 is 11.6 Å². The van der Waals surface area contributed by atoms with Crippen molar-refractivity contribution < 1.29 is 14.3 Å². The van der Waals surface area contributed by atoms with Gasteiger partial charge in [0, 0.05) is 11.9 Å². The Morgan fingerprint density at radius 2 is 1.59 bits per heavy atom. The zero-order valence-corrected chi connectivity index (χ0v) is 17.3. The van der Waals surface area contributed by atoms with Crippen LogP contribution < -0.4 is 14.8 Å². The highest BCUT2D eigenvalue weighted by atomic mass is 16.5. The standard InChI is InChI=1S/C23H27N3O3/c1-5-28-19-12-8-18(9-13-19)24-22(27)21-14-15-26(25-21)16-29-20-10-6-17(7-11-20)23(2,3)4/h6-15H,5,16H2,1-4H3,(H,24,27). The number of nitrogens with zero attached hydrogens (tertiary/aromatic N) is 2. The predicted octanol–water partition coefficient (Wildman–Crippen LogP) is 4.87. The van der Waals surface area contributed by atoms with Gasteiger partial charge in [0.1, 0.15) is 11.5 Å². The van der Waals surface area contributed by atoms with Gasteiger partial charge in [-0.05, 0) is 60.4 Å². The number of rotatable bonds is 7. The van der Waals surface area contributed by atoms with Crippen LogP contribution in [0.25, 0.3) is 0 Å². The Morgan fingerprint density at radius 3 is 2.21 bits per heavy atom. The lowest BCUT2D eigenvalue weighted by molar-refractivity contribution is 0.102. The van der Waals surface area contributed by atoms with E-state index in [4.69, 9.17) is 9.47 Å². The van der Waals surface area contributed by atoms with Crippen molar-refractivity contribution in [2.75, 3.05) is 11.9 Å². The molecule has 0 spiro atoms. The zero-order chi connectivity index (χ0) is 20.9. The molecule has 0 unspecified atom stereocenters. The summed E-state index contributed by atoms with van der Waals surface area (Å²) >= 11 is 0. The first kappa shape index (κ1) is 20.5. The van der Waals surface area contributed by atoms with Crippen molar-refractivity contribution in [3.63, 3.8) is 0 Å². The minimum absolute atomic E-state index is 0.103. The molecule has 1 amide bonds. The van der Waals surface area contributed by atoms with Crippen molar-refractivity contribution in [3.05, 3.63) is 72.1 Å². The largest absolute Gasteiger partial charge is 0.494 e. The van der Waals surface area contributed by atoms with Crippen LogP contribution in [0.5, 0.6) is 11.5 Å². The molecular formula is C23H27N3O3. The molecule has 0 aliphatic carbocycles. The number of benzene rings is 2. The molecule has 0 radical (unpaired) electrons. The van der Waals surface area contributed by atoms with Gasteiger partial charge in [0.15, 0.2) is 12.4 Å². The van der Waals surface area contributed by atoms with Gasteiger partial charge in [0.25, 0.3) is 5.91 Å². The number of carbonyl (C=O) groups excluding carboxylic acids is 1. The van der Waals surface area contributed by atoms with Crippen LogP contribution in [0, 0.1) is 0 Å². The second-order valence-corrected chi connectivity index (χ2v) is 7.70. The number of aromatic nitrogens is 2. The normalized spacial score (nSPS) is 11.2. The second kappa shape index (κ2) is 8.82. The molecule has 152 valence electrons. The van der Waals surface area contributed by atoms with E-state index in [1.165, 1.54) is 5.56 Å². The third-order valence-electron chi connectivity index (χ3n) is 4.38. The Kier molecular flexibility index (Phi) is 6.22. The third kappa shape index (κ3) is 5.60. The van der Waals surface area contributed by atoms with Gasteiger partial charge >= 0.3 is 0 Å². The average molecular weight is 393 g/mol. The lowest BCUT2D eigenvalue weighted by Crippen LogP contribution is -2.14. The first-order chi connectivity index (χ1) is 13.8. The van der Waals surface area contributed by atoms with Gasteiger partial charge in [0.05, 0.1) is 6.61 Å². The first-order valence-corrected chi connectivity index (χ1v) is 9.66. The van der Waals surface area contributed by atoms with Crippen molar-refractivity contribution in [2.24, 2.45) is 0 Å². The SMILES string of the molecule is CCOc1ccc(NC(=O)c2ccn(COc3ccc(C(C)(C)C)cc3)n2)cc1. The molecule has 0 aliphatic rings. The van der Waals surface area contributed by atoms with Crippen molar-refractivity contribution in [1.82, 2.24) is 9.78 Å². The Balaban J connectivity index is 1.55. The molecule has 1 heterocycles. The van der Waals surface area contributed by atoms with Gasteiger partial charge in [-0.25, -0.2) is 4.68 Å². The molecule has 1 aromatic heterocycles. The number of amides is 1.